The molecule has 0 atom stereocenters. The van der Waals surface area contributed by atoms with E-state index in [1.54, 1.807) is 54.6 Å². The van der Waals surface area contributed by atoms with Crippen LogP contribution in [-0.4, -0.2) is 87.4 Å². The highest BCUT2D eigenvalue weighted by Crippen LogP contribution is 2.34. The van der Waals surface area contributed by atoms with Crippen LogP contribution in [0.5, 0.6) is 0 Å². The lowest BCUT2D eigenvalue weighted by atomic mass is 9.98. The minimum Gasteiger partial charge on any atom is -0.336 e. The molecule has 0 spiro atoms. The van der Waals surface area contributed by atoms with E-state index in [0.29, 0.717) is 58.0 Å². The maximum absolute atomic E-state index is 15.7. The van der Waals surface area contributed by atoms with Gasteiger partial charge in [0.25, 0.3) is 11.8 Å². The highest BCUT2D eigenvalue weighted by atomic mass is 35.5. The minimum atomic E-state index is -2.87. The van der Waals surface area contributed by atoms with Crippen molar-refractivity contribution in [1.29, 1.82) is 0 Å². The molecule has 0 aliphatic carbocycles. The molecule has 14 heteroatoms. The number of ether oxygens (including phenoxy) is 1. The van der Waals surface area contributed by atoms with Crippen molar-refractivity contribution in [3.8, 4) is 22.4 Å². The van der Waals surface area contributed by atoms with E-state index in [-0.39, 0.29) is 29.9 Å². The number of benzene rings is 2. The Morgan fingerprint density at radius 2 is 1.73 bits per heavy atom. The molecule has 3 heterocycles. The van der Waals surface area contributed by atoms with E-state index >= 15 is 4.39 Å². The molecule has 0 bridgehead atoms. The SMILES string of the molecule is Cc1c(-c2cnc(C(=O)Nc3ccc(C(=O)N4CCN(C)CC4)c(Cl)c3)n2C)ccc(-c2cnn(CCOC(F)F)c2C)c1F. The maximum Gasteiger partial charge on any atom is 0.345 e. The molecule has 2 aromatic carbocycles. The van der Waals surface area contributed by atoms with E-state index in [1.807, 2.05) is 7.05 Å². The molecule has 0 unspecified atom stereocenters. The Kier molecular flexibility index (Phi) is 9.61. The van der Waals surface area contributed by atoms with Crippen LogP contribution in [0.2, 0.25) is 5.02 Å². The smallest absolute Gasteiger partial charge is 0.336 e. The second-order valence-corrected chi connectivity index (χ2v) is 11.3. The molecule has 2 amide bonds. The number of piperazine rings is 1. The summed E-state index contributed by atoms with van der Waals surface area (Å²) in [4.78, 5) is 34.3. The fraction of sp³-hybridized carbons (Fsp3) is 0.355. The Hall–Kier alpha value is -4.20. The molecule has 1 aliphatic rings. The second-order valence-electron chi connectivity index (χ2n) is 10.9. The van der Waals surface area contributed by atoms with Crippen LogP contribution in [0, 0.1) is 19.7 Å². The molecule has 0 radical (unpaired) electrons. The Labute approximate surface area is 263 Å². The van der Waals surface area contributed by atoms with E-state index < -0.39 is 18.3 Å². The number of nitrogens with zero attached hydrogens (tertiary/aromatic N) is 6. The molecule has 1 aliphatic heterocycles. The zero-order chi connectivity index (χ0) is 32.4. The van der Waals surface area contributed by atoms with Gasteiger partial charge in [0.1, 0.15) is 5.82 Å². The van der Waals surface area contributed by atoms with Crippen molar-refractivity contribution in [2.24, 2.45) is 7.05 Å². The predicted octanol–water partition coefficient (Wildman–Crippen LogP) is 5.24. The van der Waals surface area contributed by atoms with E-state index in [4.69, 9.17) is 11.6 Å². The van der Waals surface area contributed by atoms with Crippen LogP contribution < -0.4 is 5.32 Å². The normalized spacial score (nSPS) is 13.9. The number of aromatic nitrogens is 4. The third-order valence-electron chi connectivity index (χ3n) is 8.04. The van der Waals surface area contributed by atoms with E-state index in [9.17, 15) is 18.4 Å². The van der Waals surface area contributed by atoms with Crippen LogP contribution in [0.1, 0.15) is 32.2 Å². The number of carbonyl (C=O) groups excluding carboxylic acids is 2. The number of amides is 2. The number of nitrogens with one attached hydrogen (secondary N) is 1. The van der Waals surface area contributed by atoms with Crippen molar-refractivity contribution >= 4 is 29.1 Å². The summed E-state index contributed by atoms with van der Waals surface area (Å²) in [5, 5.41) is 7.19. The Morgan fingerprint density at radius 1 is 1.02 bits per heavy atom. The number of anilines is 1. The summed E-state index contributed by atoms with van der Waals surface area (Å²) < 4.78 is 47.7. The summed E-state index contributed by atoms with van der Waals surface area (Å²) in [6.07, 6.45) is 2.98. The van der Waals surface area contributed by atoms with Crippen LogP contribution in [0.4, 0.5) is 18.9 Å². The summed E-state index contributed by atoms with van der Waals surface area (Å²) in [5.74, 6) is -1.05. The van der Waals surface area contributed by atoms with Gasteiger partial charge in [0, 0.05) is 61.3 Å². The number of carbonyl (C=O) groups is 2. The standard InChI is InChI=1S/C31H33ClF3N7O3/c1-18-21(7-8-22(27(18)33)24-16-37-42(19(24)2)13-14-45-31(34)35)26-17-36-28(40(26)4)29(43)38-20-5-6-23(25(32)15-20)30(44)41-11-9-39(3)10-12-41/h5-8,15-17,31H,9-14H2,1-4H3,(H,38,43). The van der Waals surface area contributed by atoms with Gasteiger partial charge in [-0.15, -0.1) is 0 Å². The van der Waals surface area contributed by atoms with Crippen molar-refractivity contribution in [3.05, 3.63) is 76.2 Å². The van der Waals surface area contributed by atoms with Gasteiger partial charge in [-0.1, -0.05) is 23.7 Å². The number of halogens is 4. The molecule has 238 valence electrons. The molecular formula is C31H33ClF3N7O3. The van der Waals surface area contributed by atoms with Gasteiger partial charge in [0.15, 0.2) is 5.82 Å². The van der Waals surface area contributed by atoms with Crippen molar-refractivity contribution in [3.63, 3.8) is 0 Å². The van der Waals surface area contributed by atoms with Crippen LogP contribution in [0.25, 0.3) is 22.4 Å². The second kappa shape index (κ2) is 13.4. The third-order valence-corrected chi connectivity index (χ3v) is 8.35. The number of hydrogen-bond acceptors (Lipinski definition) is 6. The van der Waals surface area contributed by atoms with Crippen molar-refractivity contribution in [1.82, 2.24) is 29.1 Å². The monoisotopic (exact) mass is 643 g/mol. The lowest BCUT2D eigenvalue weighted by Gasteiger charge is -2.32. The zero-order valence-corrected chi connectivity index (χ0v) is 26.0. The number of imidazole rings is 1. The van der Waals surface area contributed by atoms with Gasteiger partial charge in [0.2, 0.25) is 0 Å². The third kappa shape index (κ3) is 6.75. The maximum atomic E-state index is 15.7. The lowest BCUT2D eigenvalue weighted by Crippen LogP contribution is -2.47. The summed E-state index contributed by atoms with van der Waals surface area (Å²) in [6.45, 7) is 3.15. The van der Waals surface area contributed by atoms with Crippen LogP contribution >= 0.6 is 11.6 Å². The number of rotatable bonds is 9. The average Bonchev–Trinajstić information content (AvgIpc) is 3.56. The number of likely N-dealkylation sites (N-methyl/N-ethyl adjacent to an activating group) is 1. The van der Waals surface area contributed by atoms with Gasteiger partial charge >= 0.3 is 6.61 Å². The summed E-state index contributed by atoms with van der Waals surface area (Å²) in [7, 11) is 3.66. The lowest BCUT2D eigenvalue weighted by molar-refractivity contribution is -0.130. The Bertz CT molecular complexity index is 1730. The van der Waals surface area contributed by atoms with Gasteiger partial charge in [0.05, 0.1) is 41.8 Å². The predicted molar refractivity (Wildman–Crippen MR) is 164 cm³/mol. The molecule has 45 heavy (non-hydrogen) atoms. The number of hydrogen-bond donors (Lipinski definition) is 1. The topological polar surface area (TPSA) is 97.5 Å². The van der Waals surface area contributed by atoms with Crippen LogP contribution in [0.15, 0.2) is 42.7 Å². The van der Waals surface area contributed by atoms with Gasteiger partial charge < -0.3 is 24.4 Å². The zero-order valence-electron chi connectivity index (χ0n) is 25.3. The highest BCUT2D eigenvalue weighted by molar-refractivity contribution is 6.34. The Balaban J connectivity index is 1.31. The summed E-state index contributed by atoms with van der Waals surface area (Å²) >= 11 is 6.45. The largest absolute Gasteiger partial charge is 0.345 e. The first-order chi connectivity index (χ1) is 21.5. The molecule has 4 aromatic rings. The van der Waals surface area contributed by atoms with E-state index in [0.717, 1.165) is 13.1 Å². The quantitative estimate of drug-likeness (QED) is 0.268. The van der Waals surface area contributed by atoms with Crippen molar-refractivity contribution in [2.45, 2.75) is 27.0 Å². The first kappa shape index (κ1) is 32.2. The molecular weight excluding hydrogens is 611 g/mol. The molecule has 0 saturated carbocycles. The van der Waals surface area contributed by atoms with Gasteiger partial charge in [-0.2, -0.15) is 13.9 Å². The van der Waals surface area contributed by atoms with Crippen molar-refractivity contribution < 1.29 is 27.5 Å². The molecule has 1 saturated heterocycles. The average molecular weight is 644 g/mol. The highest BCUT2D eigenvalue weighted by Gasteiger charge is 2.24. The van der Waals surface area contributed by atoms with Gasteiger partial charge in [-0.05, 0) is 44.7 Å². The first-order valence-corrected chi connectivity index (χ1v) is 14.7. The van der Waals surface area contributed by atoms with E-state index in [2.05, 4.69) is 25.0 Å². The minimum absolute atomic E-state index is 0.0886. The fourth-order valence-corrected chi connectivity index (χ4v) is 5.60. The van der Waals surface area contributed by atoms with E-state index in [1.165, 1.54) is 23.1 Å². The molecule has 1 N–H and O–H groups in total. The fourth-order valence-electron chi connectivity index (χ4n) is 5.34. The number of alkyl halides is 2. The van der Waals surface area contributed by atoms with Gasteiger partial charge in [-0.25, -0.2) is 9.37 Å². The molecule has 2 aromatic heterocycles. The molecule has 10 nitrogen and oxygen atoms in total. The van der Waals surface area contributed by atoms with Crippen LogP contribution in [-0.2, 0) is 18.3 Å². The summed E-state index contributed by atoms with van der Waals surface area (Å²) in [5.41, 5.74) is 3.59. The van der Waals surface area contributed by atoms with Gasteiger partial charge in [-0.3, -0.25) is 14.3 Å². The van der Waals surface area contributed by atoms with Crippen LogP contribution in [0.3, 0.4) is 0 Å². The molecule has 5 rings (SSSR count). The Morgan fingerprint density at radius 3 is 2.42 bits per heavy atom. The van der Waals surface area contributed by atoms with Crippen molar-refractivity contribution in [2.75, 3.05) is 45.2 Å². The first-order valence-electron chi connectivity index (χ1n) is 14.3. The molecule has 1 fully saturated rings. The summed E-state index contributed by atoms with van der Waals surface area (Å²) in [6, 6.07) is 8.09.